The molecule has 180 valence electrons. The molecule has 0 aliphatic carbocycles. The maximum atomic E-state index is 14.1. The van der Waals surface area contributed by atoms with Crippen LogP contribution < -0.4 is 10.9 Å². The molecular weight excluding hydrogens is 452 g/mol. The summed E-state index contributed by atoms with van der Waals surface area (Å²) in [7, 11) is 0. The first-order valence-electron chi connectivity index (χ1n) is 11.7. The Morgan fingerprint density at radius 3 is 2.77 bits per heavy atom. The summed E-state index contributed by atoms with van der Waals surface area (Å²) in [4.78, 5) is 30.9. The van der Waals surface area contributed by atoms with Crippen LogP contribution in [-0.4, -0.2) is 25.2 Å². The fraction of sp³-hybridized carbons (Fsp3) is 0.308. The lowest BCUT2D eigenvalue weighted by Crippen LogP contribution is -2.26. The van der Waals surface area contributed by atoms with Gasteiger partial charge >= 0.3 is 0 Å². The van der Waals surface area contributed by atoms with Gasteiger partial charge in [-0.25, -0.2) is 18.4 Å². The monoisotopic (exact) mass is 477 g/mol. The zero-order valence-electron chi connectivity index (χ0n) is 19.4. The smallest absolute Gasteiger partial charge is 0.261 e. The summed E-state index contributed by atoms with van der Waals surface area (Å²) in [5.41, 5.74) is 1.54. The van der Waals surface area contributed by atoms with Crippen molar-refractivity contribution in [3.8, 4) is 0 Å². The van der Waals surface area contributed by atoms with Gasteiger partial charge in [-0.2, -0.15) is 5.10 Å². The highest BCUT2D eigenvalue weighted by Crippen LogP contribution is 2.21. The van der Waals surface area contributed by atoms with E-state index in [0.29, 0.717) is 34.4 Å². The number of anilines is 1. The molecule has 1 aliphatic rings. The summed E-state index contributed by atoms with van der Waals surface area (Å²) in [6.45, 7) is 2.38. The zero-order valence-corrected chi connectivity index (χ0v) is 19.4. The second-order valence-corrected chi connectivity index (χ2v) is 8.90. The molecule has 0 saturated carbocycles. The molecule has 0 fully saturated rings. The summed E-state index contributed by atoms with van der Waals surface area (Å²) < 4.78 is 30.9. The lowest BCUT2D eigenvalue weighted by Gasteiger charge is -2.16. The highest BCUT2D eigenvalue weighted by Gasteiger charge is 2.18. The summed E-state index contributed by atoms with van der Waals surface area (Å²) in [5, 5.41) is 7.51. The fourth-order valence-electron chi connectivity index (χ4n) is 4.50. The zero-order chi connectivity index (χ0) is 24.5. The van der Waals surface area contributed by atoms with Gasteiger partial charge in [-0.15, -0.1) is 0 Å². The van der Waals surface area contributed by atoms with Gasteiger partial charge in [0.1, 0.15) is 23.3 Å². The summed E-state index contributed by atoms with van der Waals surface area (Å²) in [6.07, 6.45) is 6.43. The van der Waals surface area contributed by atoms with E-state index in [4.69, 9.17) is 4.98 Å². The predicted molar refractivity (Wildman–Crippen MR) is 129 cm³/mol. The van der Waals surface area contributed by atoms with Crippen LogP contribution in [0, 0.1) is 18.6 Å². The van der Waals surface area contributed by atoms with Gasteiger partial charge in [0.2, 0.25) is 0 Å². The van der Waals surface area contributed by atoms with Crippen molar-refractivity contribution in [2.75, 3.05) is 5.32 Å². The van der Waals surface area contributed by atoms with E-state index >= 15 is 0 Å². The van der Waals surface area contributed by atoms with Crippen molar-refractivity contribution >= 4 is 22.6 Å². The molecule has 35 heavy (non-hydrogen) atoms. The van der Waals surface area contributed by atoms with E-state index in [9.17, 15) is 18.4 Å². The summed E-state index contributed by atoms with van der Waals surface area (Å²) >= 11 is 0. The molecule has 7 nitrogen and oxygen atoms in total. The highest BCUT2D eigenvalue weighted by molar-refractivity contribution is 6.06. The predicted octanol–water partition coefficient (Wildman–Crippen LogP) is 4.60. The van der Waals surface area contributed by atoms with Crippen molar-refractivity contribution in [3.63, 3.8) is 0 Å². The SMILES string of the molecule is Cc1cnn(Cc2cc(F)ccc2F)c1NC(=O)c1ccc2c(=O)n3c(nc2c1)CCCCCC3. The molecule has 0 saturated heterocycles. The Hall–Kier alpha value is -3.88. The first-order valence-corrected chi connectivity index (χ1v) is 11.7. The number of halogens is 2. The van der Waals surface area contributed by atoms with Gasteiger partial charge in [-0.1, -0.05) is 12.8 Å². The third-order valence-electron chi connectivity index (χ3n) is 6.41. The lowest BCUT2D eigenvalue weighted by atomic mass is 10.1. The van der Waals surface area contributed by atoms with Crippen molar-refractivity contribution < 1.29 is 13.6 Å². The van der Waals surface area contributed by atoms with E-state index in [-0.39, 0.29) is 17.7 Å². The Kier molecular flexibility index (Phi) is 6.15. The van der Waals surface area contributed by atoms with Crippen molar-refractivity contribution in [1.29, 1.82) is 0 Å². The molecule has 0 bridgehead atoms. The second kappa shape index (κ2) is 9.40. The average molecular weight is 478 g/mol. The van der Waals surface area contributed by atoms with Crippen LogP contribution >= 0.6 is 0 Å². The minimum Gasteiger partial charge on any atom is -0.307 e. The van der Waals surface area contributed by atoms with Crippen molar-refractivity contribution in [2.24, 2.45) is 0 Å². The largest absolute Gasteiger partial charge is 0.307 e. The standard InChI is InChI=1S/C26H25F2N5O2/c1-16-14-29-33(15-18-12-19(27)8-10-21(18)28)24(16)31-25(34)17-7-9-20-22(13-17)30-23-6-4-2-3-5-11-32(23)26(20)35/h7-10,12-14H,2-6,11,15H2,1H3,(H,31,34). The van der Waals surface area contributed by atoms with Crippen LogP contribution in [0.4, 0.5) is 14.6 Å². The molecule has 2 aromatic heterocycles. The Labute approximate surface area is 200 Å². The Bertz CT molecular complexity index is 1490. The molecule has 0 spiro atoms. The van der Waals surface area contributed by atoms with E-state index in [1.807, 2.05) is 0 Å². The molecule has 0 atom stereocenters. The van der Waals surface area contributed by atoms with Crippen LogP contribution in [0.25, 0.3) is 10.9 Å². The number of hydrogen-bond acceptors (Lipinski definition) is 4. The molecule has 1 N–H and O–H groups in total. The van der Waals surface area contributed by atoms with E-state index in [1.165, 1.54) is 4.68 Å². The number of aromatic nitrogens is 4. The number of carbonyl (C=O) groups is 1. The number of nitrogens with zero attached hydrogens (tertiary/aromatic N) is 4. The minimum absolute atomic E-state index is 0.0464. The first kappa shape index (κ1) is 22.9. The molecule has 5 rings (SSSR count). The molecule has 2 aromatic carbocycles. The number of fused-ring (bicyclic) bond motifs is 2. The van der Waals surface area contributed by atoms with E-state index in [2.05, 4.69) is 10.4 Å². The van der Waals surface area contributed by atoms with Gasteiger partial charge in [0, 0.05) is 29.7 Å². The molecule has 9 heteroatoms. The van der Waals surface area contributed by atoms with Crippen LogP contribution in [0.5, 0.6) is 0 Å². The van der Waals surface area contributed by atoms with E-state index < -0.39 is 17.5 Å². The number of nitrogens with one attached hydrogen (secondary N) is 1. The quantitative estimate of drug-likeness (QED) is 0.466. The van der Waals surface area contributed by atoms with Gasteiger partial charge in [0.15, 0.2) is 0 Å². The lowest BCUT2D eigenvalue weighted by molar-refractivity contribution is 0.102. The van der Waals surface area contributed by atoms with Gasteiger partial charge in [-0.05, 0) is 56.2 Å². The summed E-state index contributed by atoms with van der Waals surface area (Å²) in [6, 6.07) is 8.07. The van der Waals surface area contributed by atoms with Crippen molar-refractivity contribution in [1.82, 2.24) is 19.3 Å². The number of rotatable bonds is 4. The molecule has 1 amide bonds. The van der Waals surface area contributed by atoms with Crippen LogP contribution in [0.1, 0.15) is 53.0 Å². The topological polar surface area (TPSA) is 81.8 Å². The highest BCUT2D eigenvalue weighted by atomic mass is 19.1. The maximum Gasteiger partial charge on any atom is 0.261 e. The number of benzene rings is 2. The second-order valence-electron chi connectivity index (χ2n) is 8.90. The third-order valence-corrected chi connectivity index (χ3v) is 6.41. The maximum absolute atomic E-state index is 14.1. The van der Waals surface area contributed by atoms with Crippen molar-refractivity contribution in [2.45, 2.75) is 52.1 Å². The van der Waals surface area contributed by atoms with Crippen LogP contribution in [0.3, 0.4) is 0 Å². The van der Waals surface area contributed by atoms with Crippen LogP contribution in [0.2, 0.25) is 0 Å². The number of amides is 1. The number of carbonyl (C=O) groups excluding carboxylic acids is 1. The van der Waals surface area contributed by atoms with Gasteiger partial charge in [0.25, 0.3) is 11.5 Å². The summed E-state index contributed by atoms with van der Waals surface area (Å²) in [5.74, 6) is -0.386. The average Bonchev–Trinajstić information content (AvgIpc) is 3.16. The van der Waals surface area contributed by atoms with E-state index in [1.54, 1.807) is 35.9 Å². The molecule has 3 heterocycles. The van der Waals surface area contributed by atoms with Crippen LogP contribution in [-0.2, 0) is 19.5 Å². The van der Waals surface area contributed by atoms with Crippen LogP contribution in [0.15, 0.2) is 47.4 Å². The fourth-order valence-corrected chi connectivity index (χ4v) is 4.50. The Morgan fingerprint density at radius 2 is 1.91 bits per heavy atom. The molecule has 0 radical (unpaired) electrons. The molecule has 1 aliphatic heterocycles. The molecule has 0 unspecified atom stereocenters. The van der Waals surface area contributed by atoms with Gasteiger partial charge < -0.3 is 5.32 Å². The number of aryl methyl sites for hydroxylation is 2. The normalized spacial score (nSPS) is 13.8. The molecule has 4 aromatic rings. The molecular formula is C26H25F2N5O2. The van der Waals surface area contributed by atoms with Gasteiger partial charge in [0.05, 0.1) is 23.6 Å². The minimum atomic E-state index is -0.557. The Morgan fingerprint density at radius 1 is 1.09 bits per heavy atom. The van der Waals surface area contributed by atoms with Crippen molar-refractivity contribution in [3.05, 3.63) is 87.1 Å². The Balaban J connectivity index is 1.44. The third kappa shape index (κ3) is 4.58. The van der Waals surface area contributed by atoms with E-state index in [0.717, 1.165) is 56.1 Å². The first-order chi connectivity index (χ1) is 16.9. The van der Waals surface area contributed by atoms with Gasteiger partial charge in [-0.3, -0.25) is 14.2 Å². The number of hydrogen-bond donors (Lipinski definition) is 1.